The minimum Gasteiger partial charge on any atom is -0.493 e. The Balaban J connectivity index is 2.11. The molecule has 0 fully saturated rings. The van der Waals surface area contributed by atoms with Crippen molar-refractivity contribution in [1.29, 1.82) is 0 Å². The van der Waals surface area contributed by atoms with Crippen LogP contribution >= 0.6 is 0 Å². The minimum absolute atomic E-state index is 0.0796. The van der Waals surface area contributed by atoms with Crippen LogP contribution in [0.15, 0.2) is 36.4 Å². The second kappa shape index (κ2) is 8.66. The zero-order valence-electron chi connectivity index (χ0n) is 16.7. The Kier molecular flexibility index (Phi) is 6.55. The molecule has 0 aliphatic heterocycles. The van der Waals surface area contributed by atoms with Gasteiger partial charge in [0.2, 0.25) is 5.75 Å². The molecule has 0 heterocycles. The Labute approximate surface area is 160 Å². The number of hydrogen-bond donors (Lipinski definition) is 1. The standard InChI is InChI=1S/C21H27NO5/c1-21(2,3)15-9-7-8-10-16(15)27-13-19(23)22-14-11-17(24-4)20(26-6)18(12-14)25-5/h7-12H,13H2,1-6H3,(H,22,23). The molecule has 146 valence electrons. The molecule has 0 bridgehead atoms. The number of ether oxygens (including phenoxy) is 4. The smallest absolute Gasteiger partial charge is 0.262 e. The average Bonchev–Trinajstić information content (AvgIpc) is 2.65. The fourth-order valence-electron chi connectivity index (χ4n) is 2.71. The van der Waals surface area contributed by atoms with Crippen molar-refractivity contribution in [3.63, 3.8) is 0 Å². The fraction of sp³-hybridized carbons (Fsp3) is 0.381. The number of methoxy groups -OCH3 is 3. The maximum Gasteiger partial charge on any atom is 0.262 e. The molecule has 2 aromatic carbocycles. The third-order valence-electron chi connectivity index (χ3n) is 4.00. The van der Waals surface area contributed by atoms with Crippen LogP contribution in [0.3, 0.4) is 0 Å². The number of amides is 1. The molecule has 0 radical (unpaired) electrons. The number of carbonyl (C=O) groups excluding carboxylic acids is 1. The number of benzene rings is 2. The van der Waals surface area contributed by atoms with Crippen molar-refractivity contribution in [3.05, 3.63) is 42.0 Å². The summed E-state index contributed by atoms with van der Waals surface area (Å²) in [5, 5.41) is 2.79. The molecule has 0 atom stereocenters. The summed E-state index contributed by atoms with van der Waals surface area (Å²) in [6.45, 7) is 6.20. The lowest BCUT2D eigenvalue weighted by atomic mass is 9.86. The normalized spacial score (nSPS) is 10.9. The lowest BCUT2D eigenvalue weighted by Crippen LogP contribution is -2.22. The first-order valence-corrected chi connectivity index (χ1v) is 8.62. The van der Waals surface area contributed by atoms with Gasteiger partial charge in [-0.2, -0.15) is 0 Å². The summed E-state index contributed by atoms with van der Waals surface area (Å²) in [6, 6.07) is 11.1. The largest absolute Gasteiger partial charge is 0.493 e. The van der Waals surface area contributed by atoms with Gasteiger partial charge in [0.05, 0.1) is 21.3 Å². The van der Waals surface area contributed by atoms with Crippen molar-refractivity contribution in [3.8, 4) is 23.0 Å². The van der Waals surface area contributed by atoms with Crippen LogP contribution in [0.25, 0.3) is 0 Å². The zero-order valence-corrected chi connectivity index (χ0v) is 16.7. The van der Waals surface area contributed by atoms with E-state index in [0.29, 0.717) is 28.7 Å². The zero-order chi connectivity index (χ0) is 20.0. The van der Waals surface area contributed by atoms with E-state index < -0.39 is 0 Å². The van der Waals surface area contributed by atoms with Gasteiger partial charge < -0.3 is 24.3 Å². The highest BCUT2D eigenvalue weighted by atomic mass is 16.5. The van der Waals surface area contributed by atoms with Gasteiger partial charge >= 0.3 is 0 Å². The summed E-state index contributed by atoms with van der Waals surface area (Å²) < 4.78 is 21.6. The predicted molar refractivity (Wildman–Crippen MR) is 105 cm³/mol. The van der Waals surface area contributed by atoms with Crippen molar-refractivity contribution in [2.24, 2.45) is 0 Å². The molecule has 0 aliphatic carbocycles. The van der Waals surface area contributed by atoms with Crippen LogP contribution in [0.4, 0.5) is 5.69 Å². The quantitative estimate of drug-likeness (QED) is 0.794. The Morgan fingerprint density at radius 1 is 0.926 bits per heavy atom. The highest BCUT2D eigenvalue weighted by molar-refractivity contribution is 5.92. The summed E-state index contributed by atoms with van der Waals surface area (Å²) in [5.74, 6) is 1.81. The van der Waals surface area contributed by atoms with Gasteiger partial charge in [0, 0.05) is 17.8 Å². The Morgan fingerprint density at radius 3 is 2.04 bits per heavy atom. The third kappa shape index (κ3) is 5.06. The highest BCUT2D eigenvalue weighted by Gasteiger charge is 2.19. The Morgan fingerprint density at radius 2 is 1.52 bits per heavy atom. The van der Waals surface area contributed by atoms with E-state index in [1.54, 1.807) is 12.1 Å². The molecular formula is C21H27NO5. The van der Waals surface area contributed by atoms with Crippen LogP contribution in [-0.2, 0) is 10.2 Å². The number of nitrogens with one attached hydrogen (secondary N) is 1. The molecule has 0 saturated carbocycles. The molecule has 0 unspecified atom stereocenters. The number of para-hydroxylation sites is 1. The molecule has 0 aromatic heterocycles. The SMILES string of the molecule is COc1cc(NC(=O)COc2ccccc2C(C)(C)C)cc(OC)c1OC. The van der Waals surface area contributed by atoms with Gasteiger partial charge in [0.1, 0.15) is 5.75 Å². The first-order chi connectivity index (χ1) is 12.8. The topological polar surface area (TPSA) is 66.0 Å². The molecular weight excluding hydrogens is 346 g/mol. The maximum atomic E-state index is 12.4. The molecule has 6 heteroatoms. The fourth-order valence-corrected chi connectivity index (χ4v) is 2.71. The first kappa shape index (κ1) is 20.4. The van der Waals surface area contributed by atoms with E-state index >= 15 is 0 Å². The molecule has 0 saturated heterocycles. The summed E-state index contributed by atoms with van der Waals surface area (Å²) in [5.41, 5.74) is 1.50. The van der Waals surface area contributed by atoms with E-state index in [2.05, 4.69) is 26.1 Å². The second-order valence-electron chi connectivity index (χ2n) is 7.00. The van der Waals surface area contributed by atoms with Gasteiger partial charge in [-0.3, -0.25) is 4.79 Å². The Hall–Kier alpha value is -2.89. The lowest BCUT2D eigenvalue weighted by Gasteiger charge is -2.22. The maximum absolute atomic E-state index is 12.4. The van der Waals surface area contributed by atoms with Crippen LogP contribution in [-0.4, -0.2) is 33.8 Å². The van der Waals surface area contributed by atoms with E-state index in [-0.39, 0.29) is 17.9 Å². The van der Waals surface area contributed by atoms with Gasteiger partial charge in [0.15, 0.2) is 18.1 Å². The molecule has 0 spiro atoms. The van der Waals surface area contributed by atoms with Gasteiger partial charge in [-0.25, -0.2) is 0 Å². The van der Waals surface area contributed by atoms with Gasteiger partial charge in [-0.05, 0) is 17.0 Å². The van der Waals surface area contributed by atoms with Crippen LogP contribution < -0.4 is 24.3 Å². The van der Waals surface area contributed by atoms with E-state index in [4.69, 9.17) is 18.9 Å². The second-order valence-corrected chi connectivity index (χ2v) is 7.00. The summed E-state index contributed by atoms with van der Waals surface area (Å²) in [6.07, 6.45) is 0. The van der Waals surface area contributed by atoms with Crippen molar-refractivity contribution >= 4 is 11.6 Å². The molecule has 0 aliphatic rings. The van der Waals surface area contributed by atoms with Gasteiger partial charge in [-0.1, -0.05) is 39.0 Å². The van der Waals surface area contributed by atoms with Crippen LogP contribution in [0.5, 0.6) is 23.0 Å². The number of hydrogen-bond acceptors (Lipinski definition) is 5. The molecule has 27 heavy (non-hydrogen) atoms. The number of carbonyl (C=O) groups is 1. The average molecular weight is 373 g/mol. The third-order valence-corrected chi connectivity index (χ3v) is 4.00. The summed E-state index contributed by atoms with van der Waals surface area (Å²) >= 11 is 0. The Bertz CT molecular complexity index is 770. The van der Waals surface area contributed by atoms with E-state index in [1.165, 1.54) is 21.3 Å². The van der Waals surface area contributed by atoms with E-state index in [9.17, 15) is 4.79 Å². The highest BCUT2D eigenvalue weighted by Crippen LogP contribution is 2.40. The van der Waals surface area contributed by atoms with Gasteiger partial charge in [0.25, 0.3) is 5.91 Å². The van der Waals surface area contributed by atoms with Crippen molar-refractivity contribution in [2.45, 2.75) is 26.2 Å². The molecule has 2 aromatic rings. The molecule has 1 amide bonds. The summed E-state index contributed by atoms with van der Waals surface area (Å²) in [4.78, 5) is 12.4. The predicted octanol–water partition coefficient (Wildman–Crippen LogP) is 4.03. The van der Waals surface area contributed by atoms with E-state index in [0.717, 1.165) is 5.56 Å². The molecule has 1 N–H and O–H groups in total. The molecule has 2 rings (SSSR count). The molecule has 6 nitrogen and oxygen atoms in total. The summed E-state index contributed by atoms with van der Waals surface area (Å²) in [7, 11) is 4.57. The van der Waals surface area contributed by atoms with Crippen LogP contribution in [0.2, 0.25) is 0 Å². The van der Waals surface area contributed by atoms with E-state index in [1.807, 2.05) is 24.3 Å². The van der Waals surface area contributed by atoms with Crippen LogP contribution in [0.1, 0.15) is 26.3 Å². The van der Waals surface area contributed by atoms with Crippen LogP contribution in [0, 0.1) is 0 Å². The number of rotatable bonds is 7. The monoisotopic (exact) mass is 373 g/mol. The van der Waals surface area contributed by atoms with Crippen molar-refractivity contribution < 1.29 is 23.7 Å². The van der Waals surface area contributed by atoms with Crippen molar-refractivity contribution in [1.82, 2.24) is 0 Å². The van der Waals surface area contributed by atoms with Gasteiger partial charge in [-0.15, -0.1) is 0 Å². The first-order valence-electron chi connectivity index (χ1n) is 8.62. The minimum atomic E-state index is -0.284. The lowest BCUT2D eigenvalue weighted by molar-refractivity contribution is -0.118. The number of anilines is 1. The van der Waals surface area contributed by atoms with Crippen molar-refractivity contribution in [2.75, 3.05) is 33.3 Å².